The molecule has 4 nitrogen and oxygen atoms in total. The van der Waals surface area contributed by atoms with Gasteiger partial charge in [-0.05, 0) is 18.2 Å². The van der Waals surface area contributed by atoms with Crippen LogP contribution in [0.2, 0.25) is 0 Å². The van der Waals surface area contributed by atoms with Crippen LogP contribution >= 0.6 is 15.9 Å². The van der Waals surface area contributed by atoms with E-state index in [9.17, 15) is 10.0 Å². The average molecular weight is 246 g/mol. The van der Waals surface area contributed by atoms with E-state index in [1.54, 1.807) is 24.3 Å². The monoisotopic (exact) mass is 245 g/mol. The molecule has 0 aliphatic rings. The van der Waals surface area contributed by atoms with E-state index in [2.05, 4.69) is 20.7 Å². The van der Waals surface area contributed by atoms with Gasteiger partial charge in [0.1, 0.15) is 0 Å². The molecule has 0 aromatic heterocycles. The SMILES string of the molecule is COC(=O)N(O)c1cccc(Br)c1. The maximum Gasteiger partial charge on any atom is 0.438 e. The summed E-state index contributed by atoms with van der Waals surface area (Å²) >= 11 is 3.21. The third-order valence-electron chi connectivity index (χ3n) is 1.40. The summed E-state index contributed by atoms with van der Waals surface area (Å²) in [5.41, 5.74) is 0.348. The Labute approximate surface area is 83.8 Å². The number of carbonyl (C=O) groups excluding carboxylic acids is 1. The van der Waals surface area contributed by atoms with Crippen LogP contribution in [0.25, 0.3) is 0 Å². The van der Waals surface area contributed by atoms with Gasteiger partial charge in [0.2, 0.25) is 0 Å². The van der Waals surface area contributed by atoms with Crippen molar-refractivity contribution in [1.29, 1.82) is 0 Å². The van der Waals surface area contributed by atoms with Gasteiger partial charge in [0.15, 0.2) is 0 Å². The molecule has 1 N–H and O–H groups in total. The minimum Gasteiger partial charge on any atom is -0.451 e. The van der Waals surface area contributed by atoms with Gasteiger partial charge in [-0.2, -0.15) is 5.06 Å². The number of carbonyl (C=O) groups is 1. The molecule has 1 aromatic rings. The molecule has 5 heteroatoms. The molecule has 0 saturated carbocycles. The fourth-order valence-electron chi connectivity index (χ4n) is 0.800. The summed E-state index contributed by atoms with van der Waals surface area (Å²) in [5.74, 6) is 0. The van der Waals surface area contributed by atoms with Gasteiger partial charge in [-0.25, -0.2) is 4.79 Å². The Hall–Kier alpha value is -1.07. The van der Waals surface area contributed by atoms with Crippen molar-refractivity contribution in [3.63, 3.8) is 0 Å². The number of rotatable bonds is 1. The van der Waals surface area contributed by atoms with E-state index in [0.29, 0.717) is 10.8 Å². The highest BCUT2D eigenvalue weighted by molar-refractivity contribution is 9.10. The molecule has 0 saturated heterocycles. The summed E-state index contributed by atoms with van der Waals surface area (Å²) in [6, 6.07) is 6.67. The number of halogens is 1. The van der Waals surface area contributed by atoms with E-state index in [1.807, 2.05) is 0 Å². The number of hydrogen-bond acceptors (Lipinski definition) is 3. The third kappa shape index (κ3) is 2.43. The Bertz CT molecular complexity index is 316. The van der Waals surface area contributed by atoms with Crippen molar-refractivity contribution in [3.05, 3.63) is 28.7 Å². The second-order valence-corrected chi connectivity index (χ2v) is 3.18. The number of methoxy groups -OCH3 is 1. The maximum absolute atomic E-state index is 10.9. The second-order valence-electron chi connectivity index (χ2n) is 2.26. The van der Waals surface area contributed by atoms with Crippen LogP contribution in [0.4, 0.5) is 10.5 Å². The number of hydrogen-bond donors (Lipinski definition) is 1. The van der Waals surface area contributed by atoms with E-state index >= 15 is 0 Å². The summed E-state index contributed by atoms with van der Waals surface area (Å²) in [6.45, 7) is 0. The molecule has 1 amide bonds. The predicted octanol–water partition coefficient (Wildman–Crippen LogP) is 2.41. The Morgan fingerprint density at radius 2 is 2.31 bits per heavy atom. The van der Waals surface area contributed by atoms with E-state index in [4.69, 9.17) is 0 Å². The van der Waals surface area contributed by atoms with Crippen molar-refractivity contribution in [1.82, 2.24) is 0 Å². The average Bonchev–Trinajstić information content (AvgIpc) is 2.15. The normalized spacial score (nSPS) is 9.46. The predicted molar refractivity (Wildman–Crippen MR) is 50.8 cm³/mol. The topological polar surface area (TPSA) is 49.8 Å². The Balaban J connectivity index is 2.88. The van der Waals surface area contributed by atoms with Crippen LogP contribution in [0.3, 0.4) is 0 Å². The minimum atomic E-state index is -0.821. The summed E-state index contributed by atoms with van der Waals surface area (Å²) in [5, 5.41) is 9.69. The fraction of sp³-hybridized carbons (Fsp3) is 0.125. The molecule has 0 atom stereocenters. The van der Waals surface area contributed by atoms with Crippen LogP contribution in [0.15, 0.2) is 28.7 Å². The summed E-state index contributed by atoms with van der Waals surface area (Å²) in [7, 11) is 1.20. The Kier molecular flexibility index (Phi) is 3.27. The van der Waals surface area contributed by atoms with Crippen LogP contribution in [-0.2, 0) is 4.74 Å². The number of anilines is 1. The highest BCUT2D eigenvalue weighted by atomic mass is 79.9. The molecule has 0 aliphatic heterocycles. The lowest BCUT2D eigenvalue weighted by Gasteiger charge is -2.12. The minimum absolute atomic E-state index is 0.348. The van der Waals surface area contributed by atoms with Crippen molar-refractivity contribution in [2.75, 3.05) is 12.2 Å². The molecule has 1 rings (SSSR count). The van der Waals surface area contributed by atoms with Gasteiger partial charge in [0.25, 0.3) is 0 Å². The molecule has 0 radical (unpaired) electrons. The van der Waals surface area contributed by atoms with Gasteiger partial charge in [0, 0.05) is 4.47 Å². The van der Waals surface area contributed by atoms with Crippen LogP contribution < -0.4 is 5.06 Å². The molecule has 0 spiro atoms. The largest absolute Gasteiger partial charge is 0.451 e. The summed E-state index contributed by atoms with van der Waals surface area (Å²) in [4.78, 5) is 10.9. The first-order chi connectivity index (χ1) is 6.15. The van der Waals surface area contributed by atoms with E-state index < -0.39 is 6.09 Å². The smallest absolute Gasteiger partial charge is 0.438 e. The first-order valence-electron chi connectivity index (χ1n) is 3.47. The molecule has 0 bridgehead atoms. The number of ether oxygens (including phenoxy) is 1. The third-order valence-corrected chi connectivity index (χ3v) is 1.89. The van der Waals surface area contributed by atoms with Gasteiger partial charge in [-0.1, -0.05) is 22.0 Å². The van der Waals surface area contributed by atoms with Crippen molar-refractivity contribution in [2.45, 2.75) is 0 Å². The van der Waals surface area contributed by atoms with Crippen molar-refractivity contribution in [3.8, 4) is 0 Å². The standard InChI is InChI=1S/C8H8BrNO3/c1-13-8(11)10(12)7-4-2-3-6(9)5-7/h2-5,12H,1H3. The molecule has 1 aromatic carbocycles. The molecule has 0 aliphatic carbocycles. The molecule has 13 heavy (non-hydrogen) atoms. The van der Waals surface area contributed by atoms with E-state index in [-0.39, 0.29) is 0 Å². The second kappa shape index (κ2) is 4.25. The number of amides is 1. The summed E-state index contributed by atoms with van der Waals surface area (Å²) in [6.07, 6.45) is -0.821. The zero-order valence-electron chi connectivity index (χ0n) is 6.90. The fourth-order valence-corrected chi connectivity index (χ4v) is 1.19. The van der Waals surface area contributed by atoms with Crippen molar-refractivity contribution < 1.29 is 14.7 Å². The van der Waals surface area contributed by atoms with Crippen LogP contribution in [0.5, 0.6) is 0 Å². The molecule has 0 fully saturated rings. The zero-order chi connectivity index (χ0) is 9.84. The molecular formula is C8H8BrNO3. The molecule has 0 heterocycles. The van der Waals surface area contributed by atoms with Crippen molar-refractivity contribution >= 4 is 27.7 Å². The van der Waals surface area contributed by atoms with Gasteiger partial charge in [-0.15, -0.1) is 0 Å². The van der Waals surface area contributed by atoms with E-state index in [1.165, 1.54) is 7.11 Å². The lowest BCUT2D eigenvalue weighted by molar-refractivity contribution is 0.141. The van der Waals surface area contributed by atoms with Gasteiger partial charge < -0.3 is 4.74 Å². The van der Waals surface area contributed by atoms with Gasteiger partial charge in [-0.3, -0.25) is 5.21 Å². The lowest BCUT2D eigenvalue weighted by atomic mass is 10.3. The highest BCUT2D eigenvalue weighted by Gasteiger charge is 2.12. The number of hydroxylamine groups is 1. The molecule has 0 unspecified atom stereocenters. The van der Waals surface area contributed by atoms with Crippen LogP contribution in [0.1, 0.15) is 0 Å². The first kappa shape index (κ1) is 10.0. The quantitative estimate of drug-likeness (QED) is 0.611. The zero-order valence-corrected chi connectivity index (χ0v) is 8.48. The van der Waals surface area contributed by atoms with E-state index in [0.717, 1.165) is 4.47 Å². The maximum atomic E-state index is 10.9. The Morgan fingerprint density at radius 3 is 2.85 bits per heavy atom. The van der Waals surface area contributed by atoms with Crippen molar-refractivity contribution in [2.24, 2.45) is 0 Å². The number of benzene rings is 1. The number of nitrogens with zero attached hydrogens (tertiary/aromatic N) is 1. The van der Waals surface area contributed by atoms with Gasteiger partial charge >= 0.3 is 6.09 Å². The molecular weight excluding hydrogens is 238 g/mol. The highest BCUT2D eigenvalue weighted by Crippen LogP contribution is 2.18. The van der Waals surface area contributed by atoms with Gasteiger partial charge in [0.05, 0.1) is 12.8 Å². The van der Waals surface area contributed by atoms with Crippen LogP contribution in [-0.4, -0.2) is 18.4 Å². The lowest BCUT2D eigenvalue weighted by Crippen LogP contribution is -2.26. The van der Waals surface area contributed by atoms with Crippen LogP contribution in [0, 0.1) is 0 Å². The Morgan fingerprint density at radius 1 is 1.62 bits per heavy atom. The summed E-state index contributed by atoms with van der Waals surface area (Å²) < 4.78 is 5.10. The first-order valence-corrected chi connectivity index (χ1v) is 4.27. The molecule has 70 valence electrons.